The Balaban J connectivity index is 2.18. The summed E-state index contributed by atoms with van der Waals surface area (Å²) < 4.78 is 18.9. The zero-order valence-electron chi connectivity index (χ0n) is 15.7. The molecule has 1 fully saturated rings. The first-order valence-corrected chi connectivity index (χ1v) is 8.91. The molecule has 0 spiro atoms. The van der Waals surface area contributed by atoms with Gasteiger partial charge in [-0.25, -0.2) is 14.0 Å². The Labute approximate surface area is 153 Å². The number of hydrogen-bond donors (Lipinski definition) is 2. The van der Waals surface area contributed by atoms with Crippen LogP contribution in [-0.2, 0) is 4.74 Å². The van der Waals surface area contributed by atoms with Gasteiger partial charge in [0.05, 0.1) is 12.7 Å². The minimum atomic E-state index is -0.883. The normalized spacial score (nSPS) is 21.2. The summed E-state index contributed by atoms with van der Waals surface area (Å²) in [6.45, 7) is 6.75. The van der Waals surface area contributed by atoms with Crippen LogP contribution >= 0.6 is 0 Å². The summed E-state index contributed by atoms with van der Waals surface area (Å²) in [5, 5.41) is 12.5. The molecule has 1 aliphatic rings. The topological polar surface area (TPSA) is 78.9 Å². The Morgan fingerprint density at radius 2 is 2.15 bits per heavy atom. The third-order valence-electron chi connectivity index (χ3n) is 5.38. The van der Waals surface area contributed by atoms with Crippen LogP contribution in [0, 0.1) is 24.6 Å². The number of nitrogens with zero attached hydrogens (tertiary/aromatic N) is 1. The molecule has 1 aliphatic heterocycles. The van der Waals surface area contributed by atoms with Gasteiger partial charge in [0.2, 0.25) is 0 Å². The van der Waals surface area contributed by atoms with Gasteiger partial charge in [0.15, 0.2) is 0 Å². The molecule has 26 heavy (non-hydrogen) atoms. The van der Waals surface area contributed by atoms with E-state index in [9.17, 15) is 19.1 Å². The van der Waals surface area contributed by atoms with Crippen LogP contribution in [0.5, 0.6) is 0 Å². The molecule has 0 saturated carbocycles. The molecule has 0 aromatic heterocycles. The standard InChI is InChI=1S/C19H27FN2O4/c1-5-13-10-22(19(24)25)7-6-15(13)12(3)21-17-9-14(18(23)26-4)8-16(20)11(17)2/h8-9,12-13,15,21H,5-7,10H2,1-4H3,(H,24,25)/t12?,13-,15-/m1/s1. The van der Waals surface area contributed by atoms with Crippen LogP contribution in [0.1, 0.15) is 42.6 Å². The number of halogens is 1. The van der Waals surface area contributed by atoms with Crippen molar-refractivity contribution in [1.82, 2.24) is 4.90 Å². The van der Waals surface area contributed by atoms with E-state index in [-0.39, 0.29) is 23.4 Å². The second kappa shape index (κ2) is 8.38. The van der Waals surface area contributed by atoms with E-state index in [0.717, 1.165) is 12.8 Å². The number of ether oxygens (including phenoxy) is 1. The van der Waals surface area contributed by atoms with Gasteiger partial charge < -0.3 is 20.1 Å². The van der Waals surface area contributed by atoms with Crippen molar-refractivity contribution in [2.24, 2.45) is 11.8 Å². The lowest BCUT2D eigenvalue weighted by Crippen LogP contribution is -2.47. The van der Waals surface area contributed by atoms with Gasteiger partial charge in [-0.3, -0.25) is 0 Å². The number of amides is 1. The highest BCUT2D eigenvalue weighted by Crippen LogP contribution is 2.32. The molecule has 1 unspecified atom stereocenters. The first-order valence-electron chi connectivity index (χ1n) is 8.91. The van der Waals surface area contributed by atoms with Gasteiger partial charge in [-0.05, 0) is 44.2 Å². The molecule has 2 N–H and O–H groups in total. The van der Waals surface area contributed by atoms with Crippen molar-refractivity contribution in [2.45, 2.75) is 39.7 Å². The van der Waals surface area contributed by atoms with E-state index in [4.69, 9.17) is 0 Å². The van der Waals surface area contributed by atoms with Crippen molar-refractivity contribution in [1.29, 1.82) is 0 Å². The summed E-state index contributed by atoms with van der Waals surface area (Å²) in [7, 11) is 1.26. The fourth-order valence-corrected chi connectivity index (χ4v) is 3.73. The van der Waals surface area contributed by atoms with Crippen molar-refractivity contribution in [3.63, 3.8) is 0 Å². The number of carbonyl (C=O) groups is 2. The highest BCUT2D eigenvalue weighted by Gasteiger charge is 2.33. The number of carboxylic acid groups (broad SMARTS) is 1. The number of nitrogens with one attached hydrogen (secondary N) is 1. The van der Waals surface area contributed by atoms with E-state index in [1.165, 1.54) is 18.1 Å². The number of likely N-dealkylation sites (tertiary alicyclic amines) is 1. The monoisotopic (exact) mass is 366 g/mol. The molecule has 1 heterocycles. The number of methoxy groups -OCH3 is 1. The van der Waals surface area contributed by atoms with Crippen LogP contribution in [0.3, 0.4) is 0 Å². The lowest BCUT2D eigenvalue weighted by molar-refractivity contribution is 0.0600. The molecule has 1 aromatic carbocycles. The zero-order valence-corrected chi connectivity index (χ0v) is 15.7. The molecule has 7 heteroatoms. The third kappa shape index (κ3) is 4.26. The smallest absolute Gasteiger partial charge is 0.407 e. The summed E-state index contributed by atoms with van der Waals surface area (Å²) in [5.74, 6) is -0.549. The van der Waals surface area contributed by atoms with E-state index in [2.05, 4.69) is 17.0 Å². The highest BCUT2D eigenvalue weighted by atomic mass is 19.1. The minimum Gasteiger partial charge on any atom is -0.465 e. The lowest BCUT2D eigenvalue weighted by Gasteiger charge is -2.40. The molecule has 1 saturated heterocycles. The number of carbonyl (C=O) groups excluding carboxylic acids is 1. The quantitative estimate of drug-likeness (QED) is 0.776. The Hall–Kier alpha value is -2.31. The van der Waals surface area contributed by atoms with E-state index < -0.39 is 17.9 Å². The molecular formula is C19H27FN2O4. The number of hydrogen-bond acceptors (Lipinski definition) is 4. The average molecular weight is 366 g/mol. The Morgan fingerprint density at radius 1 is 1.46 bits per heavy atom. The summed E-state index contributed by atoms with van der Waals surface area (Å²) >= 11 is 0. The summed E-state index contributed by atoms with van der Waals surface area (Å²) in [6, 6.07) is 2.80. The minimum absolute atomic E-state index is 0.0156. The van der Waals surface area contributed by atoms with Crippen molar-refractivity contribution in [3.05, 3.63) is 29.1 Å². The van der Waals surface area contributed by atoms with Crippen LogP contribution in [0.4, 0.5) is 14.9 Å². The van der Waals surface area contributed by atoms with Gasteiger partial charge in [0, 0.05) is 30.4 Å². The maximum atomic E-state index is 14.2. The summed E-state index contributed by atoms with van der Waals surface area (Å²) in [6.07, 6.45) is 0.735. The molecule has 1 aromatic rings. The molecule has 2 rings (SSSR count). The maximum Gasteiger partial charge on any atom is 0.407 e. The van der Waals surface area contributed by atoms with Crippen molar-refractivity contribution < 1.29 is 23.8 Å². The largest absolute Gasteiger partial charge is 0.465 e. The number of rotatable bonds is 5. The van der Waals surface area contributed by atoms with Crippen molar-refractivity contribution in [2.75, 3.05) is 25.5 Å². The predicted octanol–water partition coefficient (Wildman–Crippen LogP) is 3.75. The average Bonchev–Trinajstić information content (AvgIpc) is 2.63. The van der Waals surface area contributed by atoms with Crippen LogP contribution in [0.25, 0.3) is 0 Å². The van der Waals surface area contributed by atoms with Gasteiger partial charge in [-0.1, -0.05) is 13.3 Å². The predicted molar refractivity (Wildman–Crippen MR) is 97.0 cm³/mol. The molecule has 1 amide bonds. The van der Waals surface area contributed by atoms with E-state index in [1.807, 2.05) is 6.92 Å². The zero-order chi connectivity index (χ0) is 19.4. The summed E-state index contributed by atoms with van der Waals surface area (Å²) in [5.41, 5.74) is 1.17. The first kappa shape index (κ1) is 20.0. The lowest BCUT2D eigenvalue weighted by atomic mass is 9.79. The van der Waals surface area contributed by atoms with E-state index in [1.54, 1.807) is 13.0 Å². The van der Waals surface area contributed by atoms with Gasteiger partial charge in [-0.15, -0.1) is 0 Å². The van der Waals surface area contributed by atoms with Crippen molar-refractivity contribution >= 4 is 17.7 Å². The third-order valence-corrected chi connectivity index (χ3v) is 5.38. The molecule has 0 radical (unpaired) electrons. The highest BCUT2D eigenvalue weighted by molar-refractivity contribution is 5.90. The second-order valence-corrected chi connectivity index (χ2v) is 6.90. The molecule has 3 atom stereocenters. The van der Waals surface area contributed by atoms with Gasteiger partial charge in [0.25, 0.3) is 0 Å². The van der Waals surface area contributed by atoms with Gasteiger partial charge in [-0.2, -0.15) is 0 Å². The first-order chi connectivity index (χ1) is 12.3. The molecule has 144 valence electrons. The molecular weight excluding hydrogens is 339 g/mol. The Bertz CT molecular complexity index is 680. The SMILES string of the molecule is CC[C@@H]1CN(C(=O)O)CC[C@@H]1C(C)Nc1cc(C(=O)OC)cc(F)c1C. The van der Waals surface area contributed by atoms with Crippen LogP contribution < -0.4 is 5.32 Å². The molecule has 0 aliphatic carbocycles. The number of piperidine rings is 1. The van der Waals surface area contributed by atoms with Crippen LogP contribution in [0.2, 0.25) is 0 Å². The number of benzene rings is 1. The van der Waals surface area contributed by atoms with Crippen LogP contribution in [0.15, 0.2) is 12.1 Å². The maximum absolute atomic E-state index is 14.2. The van der Waals surface area contributed by atoms with E-state index in [0.29, 0.717) is 24.3 Å². The van der Waals surface area contributed by atoms with Gasteiger partial charge in [0.1, 0.15) is 5.82 Å². The van der Waals surface area contributed by atoms with Crippen LogP contribution in [-0.4, -0.2) is 48.3 Å². The fourth-order valence-electron chi connectivity index (χ4n) is 3.73. The fraction of sp³-hybridized carbons (Fsp3) is 0.579. The van der Waals surface area contributed by atoms with Gasteiger partial charge >= 0.3 is 12.1 Å². The number of esters is 1. The molecule has 0 bridgehead atoms. The number of anilines is 1. The summed E-state index contributed by atoms with van der Waals surface area (Å²) in [4.78, 5) is 24.4. The second-order valence-electron chi connectivity index (χ2n) is 6.90. The van der Waals surface area contributed by atoms with E-state index >= 15 is 0 Å². The van der Waals surface area contributed by atoms with Crippen molar-refractivity contribution in [3.8, 4) is 0 Å². The Morgan fingerprint density at radius 3 is 2.73 bits per heavy atom. The molecule has 6 nitrogen and oxygen atoms in total. The Kier molecular flexibility index (Phi) is 6.45.